The van der Waals surface area contributed by atoms with Crippen LogP contribution in [0.2, 0.25) is 10.0 Å². The van der Waals surface area contributed by atoms with Crippen molar-refractivity contribution in [3.8, 4) is 0 Å². The molecule has 0 bridgehead atoms. The van der Waals surface area contributed by atoms with Crippen molar-refractivity contribution >= 4 is 40.5 Å². The van der Waals surface area contributed by atoms with E-state index in [0.717, 1.165) is 19.5 Å². The van der Waals surface area contributed by atoms with Crippen LogP contribution in [0.25, 0.3) is 0 Å². The number of halogens is 2. The molecule has 0 unspecified atom stereocenters. The zero-order valence-corrected chi connectivity index (χ0v) is 12.8. The molecule has 2 rings (SSSR count). The van der Waals surface area contributed by atoms with Crippen LogP contribution in [-0.4, -0.2) is 30.4 Å². The molecule has 4 nitrogen and oxygen atoms in total. The summed E-state index contributed by atoms with van der Waals surface area (Å²) in [5.74, 6) is -0.133. The topological polar surface area (TPSA) is 58.4 Å². The normalized spacial score (nSPS) is 15.8. The van der Waals surface area contributed by atoms with Gasteiger partial charge in [0.15, 0.2) is 0 Å². The molecule has 1 amide bonds. The average molecular weight is 314 g/mol. The molecule has 20 heavy (non-hydrogen) atoms. The van der Waals surface area contributed by atoms with Crippen LogP contribution < -0.4 is 11.1 Å². The SMILES string of the molecule is CC1=CCN(CC(=O)Nc2c(Cl)cc(N)cc2Cl)CC1. The smallest absolute Gasteiger partial charge is 0.238 e. The Kier molecular flexibility index (Phi) is 4.91. The maximum absolute atomic E-state index is 12.0. The van der Waals surface area contributed by atoms with Gasteiger partial charge in [-0.05, 0) is 25.5 Å². The zero-order chi connectivity index (χ0) is 14.7. The van der Waals surface area contributed by atoms with Gasteiger partial charge in [0.2, 0.25) is 5.91 Å². The van der Waals surface area contributed by atoms with Gasteiger partial charge < -0.3 is 11.1 Å². The minimum absolute atomic E-state index is 0.133. The fraction of sp³-hybridized carbons (Fsp3) is 0.357. The molecule has 1 heterocycles. The van der Waals surface area contributed by atoms with Crippen LogP contribution >= 0.6 is 23.2 Å². The molecule has 1 aliphatic rings. The fourth-order valence-electron chi connectivity index (χ4n) is 2.05. The minimum Gasteiger partial charge on any atom is -0.399 e. The lowest BCUT2D eigenvalue weighted by Gasteiger charge is -2.24. The number of carbonyl (C=O) groups excluding carboxylic acids is 1. The van der Waals surface area contributed by atoms with E-state index in [1.54, 1.807) is 12.1 Å². The second-order valence-corrected chi connectivity index (χ2v) is 5.76. The lowest BCUT2D eigenvalue weighted by atomic mass is 10.1. The Morgan fingerprint density at radius 3 is 2.60 bits per heavy atom. The van der Waals surface area contributed by atoms with Crippen LogP contribution in [0.4, 0.5) is 11.4 Å². The van der Waals surface area contributed by atoms with E-state index in [9.17, 15) is 4.79 Å². The van der Waals surface area contributed by atoms with E-state index in [1.165, 1.54) is 5.57 Å². The molecular formula is C14H17Cl2N3O. The predicted molar refractivity (Wildman–Crippen MR) is 84.3 cm³/mol. The number of amides is 1. The number of hydrogen-bond acceptors (Lipinski definition) is 3. The van der Waals surface area contributed by atoms with Gasteiger partial charge in [-0.3, -0.25) is 9.69 Å². The van der Waals surface area contributed by atoms with Crippen molar-refractivity contribution in [2.24, 2.45) is 0 Å². The summed E-state index contributed by atoms with van der Waals surface area (Å²) in [4.78, 5) is 14.1. The molecule has 0 aliphatic carbocycles. The number of carbonyl (C=O) groups is 1. The molecule has 0 radical (unpaired) electrons. The van der Waals surface area contributed by atoms with E-state index in [0.29, 0.717) is 28.0 Å². The molecule has 0 aromatic heterocycles. The van der Waals surface area contributed by atoms with Gasteiger partial charge in [0.05, 0.1) is 22.3 Å². The second kappa shape index (κ2) is 6.48. The third kappa shape index (κ3) is 3.88. The van der Waals surface area contributed by atoms with E-state index < -0.39 is 0 Å². The molecule has 1 aliphatic heterocycles. The van der Waals surface area contributed by atoms with E-state index in [4.69, 9.17) is 28.9 Å². The molecule has 1 aromatic carbocycles. The van der Waals surface area contributed by atoms with Crippen molar-refractivity contribution in [1.82, 2.24) is 4.90 Å². The van der Waals surface area contributed by atoms with Crippen LogP contribution in [-0.2, 0) is 4.79 Å². The van der Waals surface area contributed by atoms with E-state index >= 15 is 0 Å². The number of hydrogen-bond donors (Lipinski definition) is 2. The highest BCUT2D eigenvalue weighted by atomic mass is 35.5. The number of anilines is 2. The van der Waals surface area contributed by atoms with E-state index in [-0.39, 0.29) is 5.91 Å². The van der Waals surface area contributed by atoms with Crippen LogP contribution in [0, 0.1) is 0 Å². The van der Waals surface area contributed by atoms with E-state index in [1.807, 2.05) is 0 Å². The molecule has 1 aromatic rings. The lowest BCUT2D eigenvalue weighted by Crippen LogP contribution is -2.36. The first-order valence-electron chi connectivity index (χ1n) is 6.38. The highest BCUT2D eigenvalue weighted by molar-refractivity contribution is 6.40. The summed E-state index contributed by atoms with van der Waals surface area (Å²) in [6, 6.07) is 3.13. The van der Waals surface area contributed by atoms with Gasteiger partial charge in [-0.1, -0.05) is 34.9 Å². The van der Waals surface area contributed by atoms with Gasteiger partial charge in [-0.15, -0.1) is 0 Å². The standard InChI is InChI=1S/C14H17Cl2N3O/c1-9-2-4-19(5-3-9)8-13(20)18-14-11(15)6-10(17)7-12(14)16/h2,6-7H,3-5,8,17H2,1H3,(H,18,20). The van der Waals surface area contributed by atoms with Crippen LogP contribution in [0.3, 0.4) is 0 Å². The predicted octanol–water partition coefficient (Wildman–Crippen LogP) is 3.17. The number of nitrogens with one attached hydrogen (secondary N) is 1. The summed E-state index contributed by atoms with van der Waals surface area (Å²) >= 11 is 12.1. The largest absolute Gasteiger partial charge is 0.399 e. The summed E-state index contributed by atoms with van der Waals surface area (Å²) in [7, 11) is 0. The highest BCUT2D eigenvalue weighted by Crippen LogP contribution is 2.32. The van der Waals surface area contributed by atoms with Crippen molar-refractivity contribution in [3.05, 3.63) is 33.8 Å². The maximum Gasteiger partial charge on any atom is 0.238 e. The number of rotatable bonds is 3. The number of nitrogens with two attached hydrogens (primary N) is 1. The first-order valence-corrected chi connectivity index (χ1v) is 7.13. The Balaban J connectivity index is 1.98. The third-order valence-electron chi connectivity index (χ3n) is 3.22. The Morgan fingerprint density at radius 2 is 2.05 bits per heavy atom. The van der Waals surface area contributed by atoms with Gasteiger partial charge in [-0.25, -0.2) is 0 Å². The Morgan fingerprint density at radius 1 is 1.40 bits per heavy atom. The Labute approximate surface area is 128 Å². The first kappa shape index (κ1) is 15.2. The van der Waals surface area contributed by atoms with Gasteiger partial charge in [0, 0.05) is 18.8 Å². The molecule has 0 fully saturated rings. The molecule has 0 saturated carbocycles. The number of nitrogens with zero attached hydrogens (tertiary/aromatic N) is 1. The number of benzene rings is 1. The van der Waals surface area contributed by atoms with Crippen LogP contribution in [0.5, 0.6) is 0 Å². The first-order chi connectivity index (χ1) is 9.45. The fourth-order valence-corrected chi connectivity index (χ4v) is 2.65. The minimum atomic E-state index is -0.133. The monoisotopic (exact) mass is 313 g/mol. The summed E-state index contributed by atoms with van der Waals surface area (Å²) in [6.45, 7) is 4.10. The lowest BCUT2D eigenvalue weighted by molar-refractivity contribution is -0.117. The van der Waals surface area contributed by atoms with Crippen molar-refractivity contribution < 1.29 is 4.79 Å². The molecular weight excluding hydrogens is 297 g/mol. The van der Waals surface area contributed by atoms with E-state index in [2.05, 4.69) is 23.2 Å². The van der Waals surface area contributed by atoms with Crippen molar-refractivity contribution in [1.29, 1.82) is 0 Å². The van der Waals surface area contributed by atoms with Gasteiger partial charge in [-0.2, -0.15) is 0 Å². The third-order valence-corrected chi connectivity index (χ3v) is 3.81. The summed E-state index contributed by atoms with van der Waals surface area (Å²) in [6.07, 6.45) is 3.14. The zero-order valence-electron chi connectivity index (χ0n) is 11.2. The molecule has 0 atom stereocenters. The van der Waals surface area contributed by atoms with Crippen molar-refractivity contribution in [3.63, 3.8) is 0 Å². The second-order valence-electron chi connectivity index (χ2n) is 4.94. The molecule has 108 valence electrons. The van der Waals surface area contributed by atoms with Crippen molar-refractivity contribution in [2.75, 3.05) is 30.7 Å². The molecule has 0 spiro atoms. The summed E-state index contributed by atoms with van der Waals surface area (Å²) < 4.78 is 0. The summed E-state index contributed by atoms with van der Waals surface area (Å²) in [5, 5.41) is 3.43. The molecule has 3 N–H and O–H groups in total. The average Bonchev–Trinajstić information content (AvgIpc) is 2.36. The quantitative estimate of drug-likeness (QED) is 0.665. The van der Waals surface area contributed by atoms with Gasteiger partial charge in [0.25, 0.3) is 0 Å². The van der Waals surface area contributed by atoms with Gasteiger partial charge >= 0.3 is 0 Å². The van der Waals surface area contributed by atoms with Gasteiger partial charge in [0.1, 0.15) is 0 Å². The number of nitrogen functional groups attached to an aromatic ring is 1. The maximum atomic E-state index is 12.0. The molecule has 0 saturated heterocycles. The summed E-state index contributed by atoms with van der Waals surface area (Å²) in [5.41, 5.74) is 7.87. The van der Waals surface area contributed by atoms with Crippen LogP contribution in [0.15, 0.2) is 23.8 Å². The highest BCUT2D eigenvalue weighted by Gasteiger charge is 2.15. The van der Waals surface area contributed by atoms with Crippen LogP contribution in [0.1, 0.15) is 13.3 Å². The Bertz CT molecular complexity index is 534. The Hall–Kier alpha value is -1.23. The molecule has 6 heteroatoms. The van der Waals surface area contributed by atoms with Crippen molar-refractivity contribution in [2.45, 2.75) is 13.3 Å².